The summed E-state index contributed by atoms with van der Waals surface area (Å²) in [4.78, 5) is 2.53. The zero-order valence-corrected chi connectivity index (χ0v) is 12.8. The quantitative estimate of drug-likeness (QED) is 0.921. The number of nitrogens with zero attached hydrogens (tertiary/aromatic N) is 1. The van der Waals surface area contributed by atoms with E-state index in [2.05, 4.69) is 30.2 Å². The highest BCUT2D eigenvalue weighted by molar-refractivity contribution is 7.14. The Bertz CT molecular complexity index is 376. The van der Waals surface area contributed by atoms with Gasteiger partial charge in [-0.2, -0.15) is 0 Å². The minimum Gasteiger partial charge on any atom is -0.327 e. The van der Waals surface area contributed by atoms with Crippen LogP contribution in [0.25, 0.3) is 0 Å². The molecule has 2 rings (SSSR count). The van der Waals surface area contributed by atoms with Crippen LogP contribution in [0.5, 0.6) is 0 Å². The van der Waals surface area contributed by atoms with Gasteiger partial charge >= 0.3 is 0 Å². The molecule has 18 heavy (non-hydrogen) atoms. The van der Waals surface area contributed by atoms with E-state index in [1.54, 1.807) is 11.3 Å². The molecule has 2 unspecified atom stereocenters. The molecule has 0 amide bonds. The highest BCUT2D eigenvalue weighted by Crippen LogP contribution is 2.26. The third-order valence-electron chi connectivity index (χ3n) is 3.41. The van der Waals surface area contributed by atoms with Gasteiger partial charge in [0.1, 0.15) is 0 Å². The second-order valence-electron chi connectivity index (χ2n) is 5.94. The summed E-state index contributed by atoms with van der Waals surface area (Å²) in [6, 6.07) is 2.43. The first-order valence-electron chi connectivity index (χ1n) is 6.73. The largest absolute Gasteiger partial charge is 0.327 e. The molecule has 1 aliphatic rings. The average molecular weight is 287 g/mol. The van der Waals surface area contributed by atoms with Gasteiger partial charge in [0, 0.05) is 25.7 Å². The third-order valence-corrected chi connectivity index (χ3v) is 4.55. The van der Waals surface area contributed by atoms with Gasteiger partial charge in [0.05, 0.1) is 4.34 Å². The molecule has 2 N–H and O–H groups in total. The van der Waals surface area contributed by atoms with Crippen LogP contribution in [0, 0.1) is 11.8 Å². The van der Waals surface area contributed by atoms with E-state index in [1.165, 1.54) is 12.1 Å². The molecule has 102 valence electrons. The predicted octanol–water partition coefficient (Wildman–Crippen LogP) is 3.25. The fourth-order valence-electron chi connectivity index (χ4n) is 2.95. The summed E-state index contributed by atoms with van der Waals surface area (Å²) >= 11 is 7.61. The average Bonchev–Trinajstić information content (AvgIpc) is 2.61. The molecule has 4 heteroatoms. The van der Waals surface area contributed by atoms with Crippen LogP contribution in [0.3, 0.4) is 0 Å². The van der Waals surface area contributed by atoms with Gasteiger partial charge < -0.3 is 10.6 Å². The van der Waals surface area contributed by atoms with E-state index >= 15 is 0 Å². The molecule has 0 aliphatic carbocycles. The number of nitrogens with two attached hydrogens (primary N) is 1. The number of piperidine rings is 1. The SMILES string of the molecule is CC(C)CN1CC(N)CC(Cc2csc(Cl)c2)C1. The Morgan fingerprint density at radius 2 is 2.28 bits per heavy atom. The number of hydrogen-bond acceptors (Lipinski definition) is 3. The van der Waals surface area contributed by atoms with Crippen molar-refractivity contribution in [3.8, 4) is 0 Å². The van der Waals surface area contributed by atoms with E-state index < -0.39 is 0 Å². The Morgan fingerprint density at radius 1 is 1.50 bits per heavy atom. The Labute approximate surface area is 119 Å². The van der Waals surface area contributed by atoms with Crippen molar-refractivity contribution in [3.05, 3.63) is 21.3 Å². The molecule has 0 radical (unpaired) electrons. The first-order valence-corrected chi connectivity index (χ1v) is 7.99. The zero-order valence-electron chi connectivity index (χ0n) is 11.2. The first kappa shape index (κ1) is 14.3. The highest BCUT2D eigenvalue weighted by Gasteiger charge is 2.25. The van der Waals surface area contributed by atoms with Crippen molar-refractivity contribution >= 4 is 22.9 Å². The predicted molar refractivity (Wildman–Crippen MR) is 80.4 cm³/mol. The van der Waals surface area contributed by atoms with Crippen LogP contribution in [0.1, 0.15) is 25.8 Å². The molecule has 2 heterocycles. The standard InChI is InChI=1S/C14H23ClN2S/c1-10(2)6-17-7-11(4-13(16)8-17)3-12-5-14(15)18-9-12/h5,9-11,13H,3-4,6-8,16H2,1-2H3. The zero-order chi connectivity index (χ0) is 13.1. The van der Waals surface area contributed by atoms with Crippen molar-refractivity contribution in [1.82, 2.24) is 4.90 Å². The molecule has 1 fully saturated rings. The summed E-state index contributed by atoms with van der Waals surface area (Å²) in [6.45, 7) is 7.94. The number of likely N-dealkylation sites (tertiary alicyclic amines) is 1. The summed E-state index contributed by atoms with van der Waals surface area (Å²) in [5.74, 6) is 1.39. The molecule has 0 bridgehead atoms. The van der Waals surface area contributed by atoms with E-state index in [4.69, 9.17) is 17.3 Å². The van der Waals surface area contributed by atoms with Gasteiger partial charge in [-0.15, -0.1) is 11.3 Å². The Kier molecular flexibility index (Phi) is 5.07. The van der Waals surface area contributed by atoms with Crippen LogP contribution in [0.15, 0.2) is 11.4 Å². The summed E-state index contributed by atoms with van der Waals surface area (Å²) in [5.41, 5.74) is 7.55. The lowest BCUT2D eigenvalue weighted by atomic mass is 9.89. The third kappa shape index (κ3) is 4.23. The summed E-state index contributed by atoms with van der Waals surface area (Å²) in [7, 11) is 0. The minimum atomic E-state index is 0.330. The molecule has 1 aromatic rings. The van der Waals surface area contributed by atoms with Gasteiger partial charge in [-0.1, -0.05) is 25.4 Å². The number of thiophene rings is 1. The lowest BCUT2D eigenvalue weighted by Crippen LogP contribution is -2.48. The van der Waals surface area contributed by atoms with Gasteiger partial charge in [-0.25, -0.2) is 0 Å². The number of rotatable bonds is 4. The van der Waals surface area contributed by atoms with Crippen molar-refractivity contribution in [2.75, 3.05) is 19.6 Å². The summed E-state index contributed by atoms with van der Waals surface area (Å²) in [6.07, 6.45) is 2.26. The maximum atomic E-state index is 6.18. The van der Waals surface area contributed by atoms with Crippen LogP contribution in [0.2, 0.25) is 4.34 Å². The van der Waals surface area contributed by atoms with E-state index in [9.17, 15) is 0 Å². The van der Waals surface area contributed by atoms with Crippen LogP contribution < -0.4 is 5.73 Å². The lowest BCUT2D eigenvalue weighted by Gasteiger charge is -2.37. The van der Waals surface area contributed by atoms with Gasteiger partial charge in [-0.05, 0) is 41.7 Å². The second-order valence-corrected chi connectivity index (χ2v) is 7.48. The molecule has 0 aromatic carbocycles. The van der Waals surface area contributed by atoms with E-state index in [0.717, 1.165) is 30.3 Å². The van der Waals surface area contributed by atoms with Crippen LogP contribution in [0.4, 0.5) is 0 Å². The molecule has 1 aromatic heterocycles. The summed E-state index contributed by atoms with van der Waals surface area (Å²) < 4.78 is 0.893. The van der Waals surface area contributed by atoms with Gasteiger partial charge in [0.15, 0.2) is 0 Å². The maximum Gasteiger partial charge on any atom is 0.0931 e. The monoisotopic (exact) mass is 286 g/mol. The topological polar surface area (TPSA) is 29.3 Å². The molecular formula is C14H23ClN2S. The van der Waals surface area contributed by atoms with Gasteiger partial charge in [0.25, 0.3) is 0 Å². The molecule has 2 nitrogen and oxygen atoms in total. The fourth-order valence-corrected chi connectivity index (χ4v) is 3.87. The lowest BCUT2D eigenvalue weighted by molar-refractivity contribution is 0.142. The second kappa shape index (κ2) is 6.38. The van der Waals surface area contributed by atoms with Crippen molar-refractivity contribution < 1.29 is 0 Å². The van der Waals surface area contributed by atoms with Gasteiger partial charge in [-0.3, -0.25) is 0 Å². The number of halogens is 1. The Hall–Kier alpha value is -0.0900. The normalized spacial score (nSPS) is 25.8. The summed E-state index contributed by atoms with van der Waals surface area (Å²) in [5, 5.41) is 2.18. The highest BCUT2D eigenvalue weighted by atomic mass is 35.5. The van der Waals surface area contributed by atoms with Crippen molar-refractivity contribution in [3.63, 3.8) is 0 Å². The molecule has 1 aliphatic heterocycles. The maximum absolute atomic E-state index is 6.18. The Morgan fingerprint density at radius 3 is 2.89 bits per heavy atom. The van der Waals surface area contributed by atoms with Crippen molar-refractivity contribution in [1.29, 1.82) is 0 Å². The van der Waals surface area contributed by atoms with Crippen LogP contribution in [-0.2, 0) is 6.42 Å². The fraction of sp³-hybridized carbons (Fsp3) is 0.714. The Balaban J connectivity index is 1.91. The molecule has 0 saturated carbocycles. The molecule has 2 atom stereocenters. The first-order chi connectivity index (χ1) is 8.52. The van der Waals surface area contributed by atoms with E-state index in [1.807, 2.05) is 0 Å². The minimum absolute atomic E-state index is 0.330. The smallest absolute Gasteiger partial charge is 0.0931 e. The van der Waals surface area contributed by atoms with Crippen molar-refractivity contribution in [2.45, 2.75) is 32.7 Å². The van der Waals surface area contributed by atoms with Gasteiger partial charge in [0.2, 0.25) is 0 Å². The molecule has 1 saturated heterocycles. The molecular weight excluding hydrogens is 264 g/mol. The van der Waals surface area contributed by atoms with Crippen molar-refractivity contribution in [2.24, 2.45) is 17.6 Å². The van der Waals surface area contributed by atoms with E-state index in [0.29, 0.717) is 17.9 Å². The number of hydrogen-bond donors (Lipinski definition) is 1. The van der Waals surface area contributed by atoms with Crippen LogP contribution in [-0.4, -0.2) is 30.6 Å². The van der Waals surface area contributed by atoms with Crippen LogP contribution >= 0.6 is 22.9 Å². The van der Waals surface area contributed by atoms with E-state index in [-0.39, 0.29) is 0 Å². The molecule has 0 spiro atoms.